The topological polar surface area (TPSA) is 38.7 Å². The van der Waals surface area contributed by atoms with Crippen LogP contribution >= 0.6 is 0 Å². The van der Waals surface area contributed by atoms with E-state index in [9.17, 15) is 0 Å². The summed E-state index contributed by atoms with van der Waals surface area (Å²) in [6.45, 7) is 0. The van der Waals surface area contributed by atoms with Crippen molar-refractivity contribution < 1.29 is 0 Å². The number of nitrogens with zero attached hydrogens (tertiary/aromatic N) is 3. The average molecular weight is 676 g/mol. The molecule has 0 unspecified atom stereocenters. The summed E-state index contributed by atoms with van der Waals surface area (Å²) in [7, 11) is 0. The minimum atomic E-state index is -0.530. The van der Waals surface area contributed by atoms with Gasteiger partial charge < -0.3 is 0 Å². The quantitative estimate of drug-likeness (QED) is 0.176. The molecule has 1 heterocycles. The first-order valence-corrected chi connectivity index (χ1v) is 18.0. The zero-order valence-electron chi connectivity index (χ0n) is 28.9. The molecular weight excluding hydrogens is 643 g/mol. The van der Waals surface area contributed by atoms with Crippen molar-refractivity contribution in [3.63, 3.8) is 0 Å². The van der Waals surface area contributed by atoms with Crippen LogP contribution in [0.1, 0.15) is 22.3 Å². The molecule has 0 saturated carbocycles. The van der Waals surface area contributed by atoms with Crippen molar-refractivity contribution in [2.24, 2.45) is 0 Å². The van der Waals surface area contributed by atoms with Crippen molar-refractivity contribution in [1.82, 2.24) is 15.0 Å². The van der Waals surface area contributed by atoms with Gasteiger partial charge in [-0.15, -0.1) is 0 Å². The van der Waals surface area contributed by atoms with Gasteiger partial charge in [0.2, 0.25) is 0 Å². The fourth-order valence-electron chi connectivity index (χ4n) is 8.22. The maximum atomic E-state index is 5.05. The molecule has 0 bridgehead atoms. The van der Waals surface area contributed by atoms with Crippen molar-refractivity contribution in [3.8, 4) is 56.4 Å². The highest BCUT2D eigenvalue weighted by Gasteiger charge is 2.47. The summed E-state index contributed by atoms with van der Waals surface area (Å²) in [6.07, 6.45) is 0. The highest BCUT2D eigenvalue weighted by Crippen LogP contribution is 2.58. The Labute approximate surface area is 309 Å². The molecule has 0 aliphatic heterocycles. The molecule has 9 aromatic rings. The molecule has 248 valence electrons. The molecule has 0 radical (unpaired) electrons. The predicted octanol–water partition coefficient (Wildman–Crippen LogP) is 12.1. The summed E-state index contributed by atoms with van der Waals surface area (Å²) in [6, 6.07) is 71.3. The van der Waals surface area contributed by atoms with Gasteiger partial charge in [0, 0.05) is 16.7 Å². The van der Waals surface area contributed by atoms with Crippen LogP contribution in [0.5, 0.6) is 0 Å². The van der Waals surface area contributed by atoms with Gasteiger partial charge in [0.05, 0.1) is 5.41 Å². The van der Waals surface area contributed by atoms with Crippen molar-refractivity contribution in [2.75, 3.05) is 0 Å². The number of rotatable bonds is 6. The molecular formula is C50H33N3. The first-order chi connectivity index (χ1) is 26.3. The first-order valence-electron chi connectivity index (χ1n) is 18.0. The molecule has 3 heteroatoms. The molecule has 3 nitrogen and oxygen atoms in total. The van der Waals surface area contributed by atoms with Crippen molar-refractivity contribution in [2.45, 2.75) is 5.41 Å². The molecule has 1 aliphatic rings. The number of hydrogen-bond donors (Lipinski definition) is 0. The molecule has 8 aromatic carbocycles. The fraction of sp³-hybridized carbons (Fsp3) is 0.0200. The van der Waals surface area contributed by atoms with Gasteiger partial charge in [0.15, 0.2) is 17.5 Å². The normalized spacial score (nSPS) is 12.7. The summed E-state index contributed by atoms with van der Waals surface area (Å²) in [5.41, 5.74) is 12.3. The van der Waals surface area contributed by atoms with Gasteiger partial charge in [0.25, 0.3) is 0 Å². The van der Waals surface area contributed by atoms with Crippen LogP contribution in [-0.2, 0) is 5.41 Å². The largest absolute Gasteiger partial charge is 0.208 e. The Morgan fingerprint density at radius 2 is 0.792 bits per heavy atom. The number of aromatic nitrogens is 3. The van der Waals surface area contributed by atoms with Gasteiger partial charge in [0.1, 0.15) is 0 Å². The van der Waals surface area contributed by atoms with Gasteiger partial charge in [-0.25, -0.2) is 15.0 Å². The van der Waals surface area contributed by atoms with Gasteiger partial charge in [-0.05, 0) is 67.4 Å². The summed E-state index contributed by atoms with van der Waals surface area (Å²) in [5.74, 6) is 1.95. The van der Waals surface area contributed by atoms with Crippen LogP contribution < -0.4 is 0 Å². The number of benzene rings is 8. The van der Waals surface area contributed by atoms with Gasteiger partial charge >= 0.3 is 0 Å². The van der Waals surface area contributed by atoms with Crippen LogP contribution in [-0.4, -0.2) is 15.0 Å². The van der Waals surface area contributed by atoms with E-state index in [1.807, 2.05) is 60.7 Å². The summed E-state index contributed by atoms with van der Waals surface area (Å²) in [5, 5.41) is 2.34. The zero-order chi connectivity index (χ0) is 35.2. The smallest absolute Gasteiger partial charge is 0.164 e. The van der Waals surface area contributed by atoms with Gasteiger partial charge in [-0.2, -0.15) is 0 Å². The zero-order valence-corrected chi connectivity index (χ0v) is 28.9. The maximum absolute atomic E-state index is 5.05. The Bertz CT molecular complexity index is 2650. The summed E-state index contributed by atoms with van der Waals surface area (Å²) < 4.78 is 0. The summed E-state index contributed by atoms with van der Waals surface area (Å²) in [4.78, 5) is 15.0. The molecule has 0 spiro atoms. The molecule has 0 saturated heterocycles. The van der Waals surface area contributed by atoms with Crippen LogP contribution in [0.2, 0.25) is 0 Å². The van der Waals surface area contributed by atoms with Crippen LogP contribution in [0.4, 0.5) is 0 Å². The predicted molar refractivity (Wildman–Crippen MR) is 216 cm³/mol. The van der Waals surface area contributed by atoms with Gasteiger partial charge in [-0.3, -0.25) is 0 Å². The third kappa shape index (κ3) is 5.09. The van der Waals surface area contributed by atoms with E-state index in [2.05, 4.69) is 140 Å². The van der Waals surface area contributed by atoms with E-state index in [4.69, 9.17) is 15.0 Å². The van der Waals surface area contributed by atoms with E-state index in [1.165, 1.54) is 49.9 Å². The van der Waals surface area contributed by atoms with Crippen LogP contribution in [0, 0.1) is 0 Å². The molecule has 0 fully saturated rings. The molecule has 0 amide bonds. The third-order valence-electron chi connectivity index (χ3n) is 10.6. The maximum Gasteiger partial charge on any atom is 0.164 e. The minimum absolute atomic E-state index is 0.530. The van der Waals surface area contributed by atoms with Crippen molar-refractivity contribution >= 4 is 10.8 Å². The Balaban J connectivity index is 1.23. The van der Waals surface area contributed by atoms with Gasteiger partial charge in [-0.1, -0.05) is 188 Å². The minimum Gasteiger partial charge on any atom is -0.208 e. The van der Waals surface area contributed by atoms with E-state index < -0.39 is 5.41 Å². The molecule has 1 aromatic heterocycles. The Morgan fingerprint density at radius 1 is 0.321 bits per heavy atom. The molecule has 0 N–H and O–H groups in total. The lowest BCUT2D eigenvalue weighted by Gasteiger charge is -2.34. The number of hydrogen-bond acceptors (Lipinski definition) is 3. The average Bonchev–Trinajstić information content (AvgIpc) is 3.56. The lowest BCUT2D eigenvalue weighted by Crippen LogP contribution is -2.28. The monoisotopic (exact) mass is 675 g/mol. The third-order valence-corrected chi connectivity index (χ3v) is 10.6. The lowest BCUT2D eigenvalue weighted by molar-refractivity contribution is 0.775. The highest BCUT2D eigenvalue weighted by molar-refractivity contribution is 6.02. The van der Waals surface area contributed by atoms with E-state index in [-0.39, 0.29) is 0 Å². The second-order valence-corrected chi connectivity index (χ2v) is 13.6. The molecule has 53 heavy (non-hydrogen) atoms. The first kappa shape index (κ1) is 30.8. The van der Waals surface area contributed by atoms with E-state index >= 15 is 0 Å². The van der Waals surface area contributed by atoms with Crippen LogP contribution in [0.25, 0.3) is 67.2 Å². The Kier molecular flexibility index (Phi) is 7.36. The highest BCUT2D eigenvalue weighted by atomic mass is 15.0. The van der Waals surface area contributed by atoms with E-state index in [1.54, 1.807) is 0 Å². The van der Waals surface area contributed by atoms with Crippen LogP contribution in [0.15, 0.2) is 200 Å². The lowest BCUT2D eigenvalue weighted by atomic mass is 9.66. The van der Waals surface area contributed by atoms with E-state index in [0.29, 0.717) is 17.5 Å². The fourth-order valence-corrected chi connectivity index (χ4v) is 8.22. The second-order valence-electron chi connectivity index (χ2n) is 13.6. The molecule has 0 atom stereocenters. The number of fused-ring (bicyclic) bond motifs is 5. The molecule has 1 aliphatic carbocycles. The van der Waals surface area contributed by atoms with E-state index in [0.717, 1.165) is 22.1 Å². The van der Waals surface area contributed by atoms with Crippen LogP contribution in [0.3, 0.4) is 0 Å². The Hall–Kier alpha value is -6.97. The second kappa shape index (κ2) is 12.7. The molecule has 10 rings (SSSR count). The van der Waals surface area contributed by atoms with Crippen molar-refractivity contribution in [3.05, 3.63) is 222 Å². The van der Waals surface area contributed by atoms with Crippen molar-refractivity contribution in [1.29, 1.82) is 0 Å². The Morgan fingerprint density at radius 3 is 1.34 bits per heavy atom. The SMILES string of the molecule is c1ccc(-c2ccc3c(c2)-c2ccc4cc(-c5nc(-c6ccccc6)nc(-c6ccccc6)n5)ccc4c2C3(c2ccccc2)c2ccccc2)cc1. The summed E-state index contributed by atoms with van der Waals surface area (Å²) >= 11 is 0. The standard InChI is InChI=1S/C50H33N3/c1-6-16-34(17-7-1)37-28-31-45-44(33-37)43-30-26-38-32-39(49-52-47(35-18-8-2-9-19-35)51-48(53-49)36-20-10-3-11-21-36)27-29-42(38)46(43)50(45,40-22-12-4-13-23-40)41-24-14-5-15-25-41/h1-33H.